The number of para-hydroxylation sites is 1. The Bertz CT molecular complexity index is 408. The fourth-order valence-electron chi connectivity index (χ4n) is 2.03. The van der Waals surface area contributed by atoms with E-state index in [-0.39, 0.29) is 45.2 Å². The van der Waals surface area contributed by atoms with Gasteiger partial charge in [-0.15, -0.1) is 0 Å². The minimum atomic E-state index is -0.126. The molecule has 2 N–H and O–H groups in total. The Morgan fingerprint density at radius 2 is 1.70 bits per heavy atom. The van der Waals surface area contributed by atoms with Gasteiger partial charge >= 0.3 is 0 Å². The maximum atomic E-state index is 11.9. The van der Waals surface area contributed by atoms with Gasteiger partial charge < -0.3 is 19.8 Å². The fraction of sp³-hybridized carbons (Fsp3) is 0.533. The van der Waals surface area contributed by atoms with E-state index in [4.69, 9.17) is 14.9 Å². The predicted octanol–water partition coefficient (Wildman–Crippen LogP) is 0.886. The van der Waals surface area contributed by atoms with Crippen molar-refractivity contribution >= 4 is 5.91 Å². The number of aryl methyl sites for hydroxylation is 2. The molecule has 1 aromatic carbocycles. The highest BCUT2D eigenvalue weighted by molar-refractivity contribution is 5.76. The van der Waals surface area contributed by atoms with E-state index in [0.717, 1.165) is 16.9 Å². The van der Waals surface area contributed by atoms with Crippen molar-refractivity contribution in [3.05, 3.63) is 29.3 Å². The van der Waals surface area contributed by atoms with Gasteiger partial charge in [-0.25, -0.2) is 0 Å². The highest BCUT2D eigenvalue weighted by Gasteiger charge is 2.13. The van der Waals surface area contributed by atoms with E-state index in [9.17, 15) is 4.79 Å². The summed E-state index contributed by atoms with van der Waals surface area (Å²) in [4.78, 5) is 13.3. The molecule has 0 saturated carbocycles. The summed E-state index contributed by atoms with van der Waals surface area (Å²) < 4.78 is 5.67. The van der Waals surface area contributed by atoms with E-state index in [1.165, 1.54) is 4.90 Å². The van der Waals surface area contributed by atoms with Gasteiger partial charge in [0.2, 0.25) is 5.91 Å². The second-order valence-corrected chi connectivity index (χ2v) is 4.65. The summed E-state index contributed by atoms with van der Waals surface area (Å²) >= 11 is 0. The van der Waals surface area contributed by atoms with Crippen LogP contribution in [0, 0.1) is 13.8 Å². The van der Waals surface area contributed by atoms with Crippen LogP contribution in [0.2, 0.25) is 0 Å². The summed E-state index contributed by atoms with van der Waals surface area (Å²) in [6, 6.07) is 5.90. The van der Waals surface area contributed by atoms with Crippen molar-refractivity contribution in [3.8, 4) is 5.75 Å². The summed E-state index contributed by atoms with van der Waals surface area (Å²) in [6.45, 7) is 4.48. The van der Waals surface area contributed by atoms with E-state index in [1.54, 1.807) is 0 Å². The summed E-state index contributed by atoms with van der Waals surface area (Å²) in [6.07, 6.45) is 0.230. The molecule has 0 fully saturated rings. The van der Waals surface area contributed by atoms with Crippen molar-refractivity contribution < 1.29 is 19.7 Å². The average Bonchev–Trinajstić information content (AvgIpc) is 2.41. The van der Waals surface area contributed by atoms with Gasteiger partial charge in [0, 0.05) is 13.1 Å². The molecule has 0 radical (unpaired) electrons. The number of amides is 1. The third kappa shape index (κ3) is 4.83. The molecule has 0 heterocycles. The van der Waals surface area contributed by atoms with Crippen LogP contribution in [0.15, 0.2) is 18.2 Å². The molecule has 20 heavy (non-hydrogen) atoms. The van der Waals surface area contributed by atoms with Gasteiger partial charge in [0.25, 0.3) is 0 Å². The third-order valence-electron chi connectivity index (χ3n) is 3.06. The molecule has 0 aliphatic carbocycles. The van der Waals surface area contributed by atoms with Crippen molar-refractivity contribution in [1.29, 1.82) is 0 Å². The van der Waals surface area contributed by atoms with Crippen LogP contribution in [-0.2, 0) is 4.79 Å². The molecule has 1 amide bonds. The minimum absolute atomic E-state index is 0.108. The van der Waals surface area contributed by atoms with Gasteiger partial charge in [-0.2, -0.15) is 0 Å². The predicted molar refractivity (Wildman–Crippen MR) is 76.8 cm³/mol. The molecule has 5 nitrogen and oxygen atoms in total. The van der Waals surface area contributed by atoms with E-state index < -0.39 is 0 Å². The molecular formula is C15H23NO4. The molecule has 1 aromatic rings. The SMILES string of the molecule is Cc1cccc(C)c1OCCC(=O)N(CCO)CCO. The first-order valence-electron chi connectivity index (χ1n) is 6.78. The number of aliphatic hydroxyl groups excluding tert-OH is 2. The second-order valence-electron chi connectivity index (χ2n) is 4.65. The van der Waals surface area contributed by atoms with Crippen molar-refractivity contribution in [2.75, 3.05) is 32.9 Å². The van der Waals surface area contributed by atoms with Gasteiger partial charge in [0.15, 0.2) is 0 Å². The molecule has 0 aromatic heterocycles. The van der Waals surface area contributed by atoms with Crippen molar-refractivity contribution in [3.63, 3.8) is 0 Å². The van der Waals surface area contributed by atoms with Crippen molar-refractivity contribution in [1.82, 2.24) is 4.90 Å². The number of hydrogen-bond acceptors (Lipinski definition) is 4. The standard InChI is InChI=1S/C15H23NO4/c1-12-4-3-5-13(2)15(12)20-11-6-14(19)16(7-9-17)8-10-18/h3-5,17-18H,6-11H2,1-2H3. The Hall–Kier alpha value is -1.59. The summed E-state index contributed by atoms with van der Waals surface area (Å²) in [5.41, 5.74) is 2.08. The molecule has 1 rings (SSSR count). The van der Waals surface area contributed by atoms with Crippen LogP contribution in [0.3, 0.4) is 0 Å². The molecule has 0 atom stereocenters. The summed E-state index contributed by atoms with van der Waals surface area (Å²) in [5, 5.41) is 17.8. The number of nitrogens with zero attached hydrogens (tertiary/aromatic N) is 1. The lowest BCUT2D eigenvalue weighted by molar-refractivity contribution is -0.132. The highest BCUT2D eigenvalue weighted by Crippen LogP contribution is 2.22. The minimum Gasteiger partial charge on any atom is -0.493 e. The monoisotopic (exact) mass is 281 g/mol. The van der Waals surface area contributed by atoms with Crippen LogP contribution >= 0.6 is 0 Å². The van der Waals surface area contributed by atoms with E-state index in [2.05, 4.69) is 0 Å². The number of ether oxygens (including phenoxy) is 1. The Morgan fingerprint density at radius 3 is 2.20 bits per heavy atom. The Labute approximate surface area is 119 Å². The first kappa shape index (κ1) is 16.5. The van der Waals surface area contributed by atoms with Crippen LogP contribution in [0.5, 0.6) is 5.75 Å². The number of rotatable bonds is 8. The summed E-state index contributed by atoms with van der Waals surface area (Å²) in [7, 11) is 0. The smallest absolute Gasteiger partial charge is 0.226 e. The molecule has 0 bridgehead atoms. The quantitative estimate of drug-likeness (QED) is 0.742. The van der Waals surface area contributed by atoms with Gasteiger partial charge in [-0.05, 0) is 25.0 Å². The van der Waals surface area contributed by atoms with Gasteiger partial charge in [0.1, 0.15) is 5.75 Å². The second kappa shape index (κ2) is 8.55. The molecule has 5 heteroatoms. The lowest BCUT2D eigenvalue weighted by atomic mass is 10.1. The third-order valence-corrected chi connectivity index (χ3v) is 3.06. The van der Waals surface area contributed by atoms with Crippen LogP contribution in [0.4, 0.5) is 0 Å². The van der Waals surface area contributed by atoms with Crippen molar-refractivity contribution in [2.24, 2.45) is 0 Å². The fourth-order valence-corrected chi connectivity index (χ4v) is 2.03. The zero-order chi connectivity index (χ0) is 15.0. The highest BCUT2D eigenvalue weighted by atomic mass is 16.5. The maximum Gasteiger partial charge on any atom is 0.226 e. The van der Waals surface area contributed by atoms with Crippen LogP contribution < -0.4 is 4.74 Å². The Balaban J connectivity index is 2.48. The first-order valence-corrected chi connectivity index (χ1v) is 6.78. The Morgan fingerprint density at radius 1 is 1.15 bits per heavy atom. The van der Waals surface area contributed by atoms with Crippen LogP contribution in [0.1, 0.15) is 17.5 Å². The largest absolute Gasteiger partial charge is 0.493 e. The van der Waals surface area contributed by atoms with Gasteiger partial charge in [-0.1, -0.05) is 18.2 Å². The zero-order valence-electron chi connectivity index (χ0n) is 12.1. The lowest BCUT2D eigenvalue weighted by Crippen LogP contribution is -2.36. The molecular weight excluding hydrogens is 258 g/mol. The zero-order valence-corrected chi connectivity index (χ0v) is 12.1. The van der Waals surface area contributed by atoms with E-state index in [0.29, 0.717) is 0 Å². The van der Waals surface area contributed by atoms with E-state index >= 15 is 0 Å². The Kier molecular flexibility index (Phi) is 7.04. The summed E-state index contributed by atoms with van der Waals surface area (Å²) in [5.74, 6) is 0.690. The first-order chi connectivity index (χ1) is 9.60. The number of carbonyl (C=O) groups excluding carboxylic acids is 1. The number of hydrogen-bond donors (Lipinski definition) is 2. The molecule has 0 saturated heterocycles. The molecule has 112 valence electrons. The normalized spacial score (nSPS) is 10.4. The molecule has 0 spiro atoms. The average molecular weight is 281 g/mol. The van der Waals surface area contributed by atoms with E-state index in [1.807, 2.05) is 32.0 Å². The molecule has 0 aliphatic heterocycles. The lowest BCUT2D eigenvalue weighted by Gasteiger charge is -2.21. The number of carbonyl (C=O) groups is 1. The topological polar surface area (TPSA) is 70.0 Å². The van der Waals surface area contributed by atoms with Crippen LogP contribution in [-0.4, -0.2) is 53.9 Å². The van der Waals surface area contributed by atoms with Crippen LogP contribution in [0.25, 0.3) is 0 Å². The van der Waals surface area contributed by atoms with Gasteiger partial charge in [-0.3, -0.25) is 4.79 Å². The molecule has 0 aliphatic rings. The number of aliphatic hydroxyl groups is 2. The van der Waals surface area contributed by atoms with Gasteiger partial charge in [0.05, 0.1) is 26.2 Å². The number of benzene rings is 1. The maximum absolute atomic E-state index is 11.9. The molecule has 0 unspecified atom stereocenters. The van der Waals surface area contributed by atoms with Crippen molar-refractivity contribution in [2.45, 2.75) is 20.3 Å².